The summed E-state index contributed by atoms with van der Waals surface area (Å²) in [7, 11) is 0. The van der Waals surface area contributed by atoms with Crippen LogP contribution in [0.4, 0.5) is 4.79 Å². The number of amides is 1. The van der Waals surface area contributed by atoms with Crippen LogP contribution in [0.2, 0.25) is 0 Å². The molecule has 0 radical (unpaired) electrons. The number of hydrogen-bond acceptors (Lipinski definition) is 2. The molecule has 0 aromatic rings. The molecule has 0 bridgehead atoms. The van der Waals surface area contributed by atoms with Crippen LogP contribution in [0.15, 0.2) is 0 Å². The molecule has 0 rings (SSSR count). The van der Waals surface area contributed by atoms with Gasteiger partial charge in [-0.25, -0.2) is 4.79 Å². The SMILES string of the molecule is CCCCCCCCCCCCOC(N)=O.[NaH]. The van der Waals surface area contributed by atoms with Crippen molar-refractivity contribution >= 4 is 35.7 Å². The third kappa shape index (κ3) is 18.8. The molecule has 0 aliphatic carbocycles. The van der Waals surface area contributed by atoms with Crippen LogP contribution in [0.25, 0.3) is 0 Å². The zero-order valence-corrected chi connectivity index (χ0v) is 10.7. The summed E-state index contributed by atoms with van der Waals surface area (Å²) in [5.41, 5.74) is 4.85. The van der Waals surface area contributed by atoms with Crippen LogP contribution in [0, 0.1) is 0 Å². The minimum atomic E-state index is -0.657. The van der Waals surface area contributed by atoms with Crippen molar-refractivity contribution in [2.24, 2.45) is 5.73 Å². The molecule has 1 amide bonds. The fourth-order valence-electron chi connectivity index (χ4n) is 1.76. The number of rotatable bonds is 11. The second kappa shape index (κ2) is 16.3. The summed E-state index contributed by atoms with van der Waals surface area (Å²) in [6.45, 7) is 2.72. The van der Waals surface area contributed by atoms with Gasteiger partial charge >= 0.3 is 35.7 Å². The number of carbonyl (C=O) groups is 1. The first kappa shape index (κ1) is 19.6. The zero-order chi connectivity index (χ0) is 12.1. The van der Waals surface area contributed by atoms with Gasteiger partial charge in [-0.1, -0.05) is 64.7 Å². The van der Waals surface area contributed by atoms with Crippen molar-refractivity contribution in [3.63, 3.8) is 0 Å². The first-order valence-corrected chi connectivity index (χ1v) is 6.69. The summed E-state index contributed by atoms with van der Waals surface area (Å²) in [6, 6.07) is 0. The second-order valence-electron chi connectivity index (χ2n) is 4.35. The van der Waals surface area contributed by atoms with Gasteiger partial charge in [-0.2, -0.15) is 0 Å². The molecule has 0 aliphatic heterocycles. The van der Waals surface area contributed by atoms with Gasteiger partial charge in [0.25, 0.3) is 0 Å². The maximum atomic E-state index is 10.3. The van der Waals surface area contributed by atoms with E-state index in [4.69, 9.17) is 5.73 Å². The van der Waals surface area contributed by atoms with Gasteiger partial charge in [0.2, 0.25) is 0 Å². The van der Waals surface area contributed by atoms with E-state index in [9.17, 15) is 4.79 Å². The van der Waals surface area contributed by atoms with E-state index in [2.05, 4.69) is 11.7 Å². The van der Waals surface area contributed by atoms with Crippen LogP contribution in [-0.2, 0) is 4.74 Å². The summed E-state index contributed by atoms with van der Waals surface area (Å²) >= 11 is 0. The van der Waals surface area contributed by atoms with Crippen molar-refractivity contribution in [3.8, 4) is 0 Å². The maximum absolute atomic E-state index is 10.3. The van der Waals surface area contributed by atoms with Gasteiger partial charge in [-0.15, -0.1) is 0 Å². The number of carbonyl (C=O) groups excluding carboxylic acids is 1. The van der Waals surface area contributed by atoms with Gasteiger partial charge in [-0.05, 0) is 6.42 Å². The molecule has 0 aromatic carbocycles. The summed E-state index contributed by atoms with van der Waals surface area (Å²) < 4.78 is 4.65. The first-order valence-electron chi connectivity index (χ1n) is 6.69. The number of hydrogen-bond donors (Lipinski definition) is 1. The van der Waals surface area contributed by atoms with E-state index < -0.39 is 6.09 Å². The van der Waals surface area contributed by atoms with E-state index >= 15 is 0 Å². The van der Waals surface area contributed by atoms with Crippen molar-refractivity contribution in [1.29, 1.82) is 0 Å². The molecule has 0 aliphatic rings. The first-order chi connectivity index (χ1) is 7.77. The number of nitrogens with two attached hydrogens (primary N) is 1. The molecule has 0 fully saturated rings. The summed E-state index contributed by atoms with van der Waals surface area (Å²) in [4.78, 5) is 10.3. The molecule has 17 heavy (non-hydrogen) atoms. The summed E-state index contributed by atoms with van der Waals surface area (Å²) in [5.74, 6) is 0. The number of unbranched alkanes of at least 4 members (excludes halogenated alkanes) is 9. The van der Waals surface area contributed by atoms with Crippen LogP contribution in [0.5, 0.6) is 0 Å². The topological polar surface area (TPSA) is 52.3 Å². The Morgan fingerprint density at radius 3 is 1.71 bits per heavy atom. The Hall–Kier alpha value is 0.270. The summed E-state index contributed by atoms with van der Waals surface area (Å²) in [5, 5.41) is 0. The zero-order valence-electron chi connectivity index (χ0n) is 10.7. The van der Waals surface area contributed by atoms with Crippen LogP contribution in [0.1, 0.15) is 71.1 Å². The van der Waals surface area contributed by atoms with Crippen molar-refractivity contribution < 1.29 is 9.53 Å². The Bertz CT molecular complexity index is 165. The third-order valence-corrected chi connectivity index (χ3v) is 2.74. The van der Waals surface area contributed by atoms with Gasteiger partial charge in [0.05, 0.1) is 6.61 Å². The van der Waals surface area contributed by atoms with Crippen molar-refractivity contribution in [2.45, 2.75) is 71.1 Å². The Morgan fingerprint density at radius 2 is 1.29 bits per heavy atom. The number of primary amides is 1. The van der Waals surface area contributed by atoms with Crippen LogP contribution < -0.4 is 5.73 Å². The van der Waals surface area contributed by atoms with E-state index in [-0.39, 0.29) is 29.6 Å². The Kier molecular flexibility index (Phi) is 18.8. The Morgan fingerprint density at radius 1 is 0.882 bits per heavy atom. The second-order valence-corrected chi connectivity index (χ2v) is 4.35. The van der Waals surface area contributed by atoms with Gasteiger partial charge in [0.15, 0.2) is 0 Å². The molecule has 0 atom stereocenters. The molecule has 3 nitrogen and oxygen atoms in total. The van der Waals surface area contributed by atoms with Gasteiger partial charge in [0, 0.05) is 0 Å². The van der Waals surface area contributed by atoms with Crippen molar-refractivity contribution in [3.05, 3.63) is 0 Å². The van der Waals surface area contributed by atoms with Crippen LogP contribution in [0.3, 0.4) is 0 Å². The van der Waals surface area contributed by atoms with E-state index in [0.29, 0.717) is 6.61 Å². The minimum absolute atomic E-state index is 0. The molecule has 0 saturated heterocycles. The molecular weight excluding hydrogens is 225 g/mol. The van der Waals surface area contributed by atoms with Crippen LogP contribution >= 0.6 is 0 Å². The Balaban J connectivity index is 0. The van der Waals surface area contributed by atoms with Gasteiger partial charge < -0.3 is 10.5 Å². The number of ether oxygens (including phenoxy) is 1. The molecule has 0 aromatic heterocycles. The van der Waals surface area contributed by atoms with Gasteiger partial charge in [0.1, 0.15) is 0 Å². The fraction of sp³-hybridized carbons (Fsp3) is 0.923. The molecule has 0 saturated carbocycles. The van der Waals surface area contributed by atoms with Crippen LogP contribution in [-0.4, -0.2) is 42.3 Å². The standard InChI is InChI=1S/C13H27NO2.Na.H/c1-2-3-4-5-6-7-8-9-10-11-12-16-13(14)15;;/h2-12H2,1H3,(H2,14,15);;. The molecule has 0 spiro atoms. The van der Waals surface area contributed by atoms with E-state index in [1.54, 1.807) is 0 Å². The molecule has 98 valence electrons. The van der Waals surface area contributed by atoms with E-state index in [1.807, 2.05) is 0 Å². The third-order valence-electron chi connectivity index (χ3n) is 2.74. The molecular formula is C13H28NNaO2. The average Bonchev–Trinajstić information content (AvgIpc) is 2.25. The monoisotopic (exact) mass is 253 g/mol. The van der Waals surface area contributed by atoms with Crippen molar-refractivity contribution in [2.75, 3.05) is 6.61 Å². The molecule has 0 heterocycles. The quantitative estimate of drug-likeness (QED) is 0.453. The molecule has 2 N–H and O–H groups in total. The molecule has 0 unspecified atom stereocenters. The Labute approximate surface area is 128 Å². The normalized spacial score (nSPS) is 9.71. The average molecular weight is 253 g/mol. The van der Waals surface area contributed by atoms with E-state index in [0.717, 1.165) is 12.8 Å². The van der Waals surface area contributed by atoms with Crippen molar-refractivity contribution in [1.82, 2.24) is 0 Å². The predicted molar refractivity (Wildman–Crippen MR) is 74.5 cm³/mol. The molecule has 4 heteroatoms. The predicted octanol–water partition coefficient (Wildman–Crippen LogP) is 3.35. The van der Waals surface area contributed by atoms with Gasteiger partial charge in [-0.3, -0.25) is 0 Å². The van der Waals surface area contributed by atoms with E-state index in [1.165, 1.54) is 51.4 Å². The fourth-order valence-corrected chi connectivity index (χ4v) is 1.76. The summed E-state index contributed by atoms with van der Waals surface area (Å²) in [6.07, 6.45) is 12.2.